The minimum Gasteiger partial charge on any atom is -0.465 e. The first-order chi connectivity index (χ1) is 10.1. The number of carbonyl (C=O) groups is 1. The van der Waals surface area contributed by atoms with Crippen LogP contribution in [0.5, 0.6) is 0 Å². The number of thioether (sulfide) groups is 1. The monoisotopic (exact) mass is 339 g/mol. The largest absolute Gasteiger partial charge is 0.465 e. The molecule has 0 radical (unpaired) electrons. The topological polar surface area (TPSA) is 33.5 Å². The van der Waals surface area contributed by atoms with Crippen molar-refractivity contribution in [2.75, 3.05) is 4.90 Å². The molecule has 2 heterocycles. The Morgan fingerprint density at radius 2 is 2.19 bits per heavy atom. The maximum absolute atomic E-state index is 13.2. The summed E-state index contributed by atoms with van der Waals surface area (Å²) in [6.07, 6.45) is 3.14. The third kappa shape index (κ3) is 2.74. The van der Waals surface area contributed by atoms with Crippen LogP contribution < -0.4 is 4.90 Å². The summed E-state index contributed by atoms with van der Waals surface area (Å²) in [7, 11) is 0. The third-order valence-electron chi connectivity index (χ3n) is 2.77. The summed E-state index contributed by atoms with van der Waals surface area (Å²) < 4.78 is 18.8. The number of rotatable bonds is 2. The molecule has 7 heteroatoms. The molecule has 21 heavy (non-hydrogen) atoms. The van der Waals surface area contributed by atoms with Gasteiger partial charge in [-0.1, -0.05) is 35.6 Å². The van der Waals surface area contributed by atoms with Crippen LogP contribution in [-0.2, 0) is 4.79 Å². The van der Waals surface area contributed by atoms with Gasteiger partial charge >= 0.3 is 0 Å². The van der Waals surface area contributed by atoms with Crippen molar-refractivity contribution in [2.24, 2.45) is 0 Å². The lowest BCUT2D eigenvalue weighted by atomic mass is 10.2. The average Bonchev–Trinajstić information content (AvgIpc) is 3.03. The summed E-state index contributed by atoms with van der Waals surface area (Å²) in [5.74, 6) is -0.270. The molecule has 0 aliphatic carbocycles. The van der Waals surface area contributed by atoms with E-state index in [1.54, 1.807) is 18.2 Å². The Morgan fingerprint density at radius 3 is 2.86 bits per heavy atom. The third-order valence-corrected chi connectivity index (χ3v) is 4.36. The number of nitrogens with zero attached hydrogens (tertiary/aromatic N) is 1. The second-order valence-electron chi connectivity index (χ2n) is 4.13. The van der Waals surface area contributed by atoms with Crippen molar-refractivity contribution in [2.45, 2.75) is 0 Å². The smallest absolute Gasteiger partial charge is 0.270 e. The molecule has 1 fully saturated rings. The number of hydrogen-bond acceptors (Lipinski definition) is 4. The molecule has 0 saturated carbocycles. The fourth-order valence-corrected chi connectivity index (χ4v) is 3.27. The number of carbonyl (C=O) groups excluding carboxylic acids is 1. The highest BCUT2D eigenvalue weighted by atomic mass is 35.5. The highest BCUT2D eigenvalue weighted by Gasteiger charge is 2.33. The molecule has 1 saturated heterocycles. The molecule has 1 aromatic heterocycles. The molecule has 1 aromatic carbocycles. The summed E-state index contributed by atoms with van der Waals surface area (Å²) in [5, 5.41) is -0.0587. The minimum atomic E-state index is -0.544. The average molecular weight is 340 g/mol. The zero-order valence-corrected chi connectivity index (χ0v) is 12.8. The van der Waals surface area contributed by atoms with E-state index < -0.39 is 5.82 Å². The first-order valence-electron chi connectivity index (χ1n) is 5.83. The number of furan rings is 1. The molecular weight excluding hydrogens is 333 g/mol. The van der Waals surface area contributed by atoms with Crippen LogP contribution in [0.1, 0.15) is 5.76 Å². The van der Waals surface area contributed by atoms with E-state index in [2.05, 4.69) is 0 Å². The van der Waals surface area contributed by atoms with E-state index in [9.17, 15) is 9.18 Å². The molecule has 3 rings (SSSR count). The van der Waals surface area contributed by atoms with Crippen LogP contribution in [0.4, 0.5) is 10.1 Å². The Kier molecular flexibility index (Phi) is 3.84. The fourth-order valence-electron chi connectivity index (χ4n) is 1.82. The van der Waals surface area contributed by atoms with Gasteiger partial charge in [-0.05, 0) is 30.3 Å². The predicted octanol–water partition coefficient (Wildman–Crippen LogP) is 4.48. The molecule has 0 N–H and O–H groups in total. The number of benzene rings is 1. The summed E-state index contributed by atoms with van der Waals surface area (Å²) in [5.41, 5.74) is 0.437. The Morgan fingerprint density at radius 1 is 1.38 bits per heavy atom. The molecule has 1 amide bonds. The normalized spacial score (nSPS) is 17.0. The van der Waals surface area contributed by atoms with Gasteiger partial charge in [0.25, 0.3) is 5.91 Å². The second kappa shape index (κ2) is 5.63. The standard InChI is InChI=1S/C14H7ClFNO2S2/c15-10-6-8(3-4-11(10)16)17-13(18)12(21-14(17)20)7-9-2-1-5-19-9/h1-7H/b12-7-. The van der Waals surface area contributed by atoms with Gasteiger partial charge in [-0.15, -0.1) is 0 Å². The van der Waals surface area contributed by atoms with E-state index in [0.29, 0.717) is 20.7 Å². The molecule has 1 aliphatic heterocycles. The Balaban J connectivity index is 1.95. The minimum absolute atomic E-state index is 0.0587. The quantitative estimate of drug-likeness (QED) is 0.596. The molecule has 0 unspecified atom stereocenters. The van der Waals surface area contributed by atoms with Crippen molar-refractivity contribution in [1.82, 2.24) is 0 Å². The second-order valence-corrected chi connectivity index (χ2v) is 6.21. The highest BCUT2D eigenvalue weighted by molar-refractivity contribution is 8.27. The summed E-state index contributed by atoms with van der Waals surface area (Å²) >= 11 is 12.1. The van der Waals surface area contributed by atoms with Crippen LogP contribution >= 0.6 is 35.6 Å². The van der Waals surface area contributed by atoms with Crippen LogP contribution in [0, 0.1) is 5.82 Å². The van der Waals surface area contributed by atoms with Gasteiger partial charge in [0.05, 0.1) is 21.9 Å². The lowest BCUT2D eigenvalue weighted by molar-refractivity contribution is -0.113. The van der Waals surface area contributed by atoms with Crippen molar-refractivity contribution >= 4 is 57.6 Å². The Labute approximate surface area is 134 Å². The highest BCUT2D eigenvalue weighted by Crippen LogP contribution is 2.37. The van der Waals surface area contributed by atoms with Crippen LogP contribution in [-0.4, -0.2) is 10.2 Å². The molecule has 3 nitrogen and oxygen atoms in total. The maximum Gasteiger partial charge on any atom is 0.270 e. The van der Waals surface area contributed by atoms with Gasteiger partial charge in [0.2, 0.25) is 0 Å². The number of amides is 1. The molecule has 106 valence electrons. The number of hydrogen-bond donors (Lipinski definition) is 0. The molecule has 1 aliphatic rings. The number of thiocarbonyl (C=S) groups is 1. The summed E-state index contributed by atoms with van der Waals surface area (Å²) in [6.45, 7) is 0. The molecule has 2 aromatic rings. The van der Waals surface area contributed by atoms with Crippen LogP contribution in [0.15, 0.2) is 45.9 Å². The van der Waals surface area contributed by atoms with Crippen molar-refractivity contribution in [3.63, 3.8) is 0 Å². The first kappa shape index (κ1) is 14.3. The molecule has 0 atom stereocenters. The van der Waals surface area contributed by atoms with Crippen molar-refractivity contribution in [1.29, 1.82) is 0 Å². The van der Waals surface area contributed by atoms with Crippen molar-refractivity contribution < 1.29 is 13.6 Å². The van der Waals surface area contributed by atoms with E-state index in [4.69, 9.17) is 28.2 Å². The zero-order chi connectivity index (χ0) is 15.0. The molecule has 0 bridgehead atoms. The lowest BCUT2D eigenvalue weighted by Crippen LogP contribution is -2.27. The summed E-state index contributed by atoms with van der Waals surface area (Å²) in [4.78, 5) is 14.2. The van der Waals surface area contributed by atoms with Gasteiger partial charge in [-0.2, -0.15) is 0 Å². The number of anilines is 1. The number of halogens is 2. The molecular formula is C14H7ClFNO2S2. The van der Waals surface area contributed by atoms with Crippen LogP contribution in [0.25, 0.3) is 6.08 Å². The van der Waals surface area contributed by atoms with Gasteiger partial charge in [-0.3, -0.25) is 9.69 Å². The van der Waals surface area contributed by atoms with Gasteiger partial charge in [0.1, 0.15) is 11.6 Å². The summed E-state index contributed by atoms with van der Waals surface area (Å²) in [6, 6.07) is 7.50. The van der Waals surface area contributed by atoms with Gasteiger partial charge in [-0.25, -0.2) is 4.39 Å². The Bertz CT molecular complexity index is 758. The van der Waals surface area contributed by atoms with E-state index in [1.165, 1.54) is 29.4 Å². The predicted molar refractivity (Wildman–Crippen MR) is 85.8 cm³/mol. The lowest BCUT2D eigenvalue weighted by Gasteiger charge is -2.14. The maximum atomic E-state index is 13.2. The van der Waals surface area contributed by atoms with E-state index in [0.717, 1.165) is 11.8 Å². The van der Waals surface area contributed by atoms with Crippen LogP contribution in [0.3, 0.4) is 0 Å². The SMILES string of the molecule is O=C1/C(=C/c2ccco2)SC(=S)N1c1ccc(F)c(Cl)c1. The molecule has 0 spiro atoms. The van der Waals surface area contributed by atoms with Crippen LogP contribution in [0.2, 0.25) is 5.02 Å². The van der Waals surface area contributed by atoms with Gasteiger partial charge < -0.3 is 4.42 Å². The fraction of sp³-hybridized carbons (Fsp3) is 0. The van der Waals surface area contributed by atoms with Gasteiger partial charge in [0, 0.05) is 6.08 Å². The van der Waals surface area contributed by atoms with E-state index >= 15 is 0 Å². The first-order valence-corrected chi connectivity index (χ1v) is 7.43. The zero-order valence-electron chi connectivity index (χ0n) is 10.4. The van der Waals surface area contributed by atoms with Crippen molar-refractivity contribution in [3.8, 4) is 0 Å². The van der Waals surface area contributed by atoms with E-state index in [1.807, 2.05) is 0 Å². The van der Waals surface area contributed by atoms with E-state index in [-0.39, 0.29) is 10.9 Å². The Hall–Kier alpha value is -1.63. The van der Waals surface area contributed by atoms with Crippen molar-refractivity contribution in [3.05, 3.63) is 58.1 Å². The van der Waals surface area contributed by atoms with Gasteiger partial charge in [0.15, 0.2) is 4.32 Å².